The number of nitrogens with one attached hydrogen (secondary N) is 1. The van der Waals surface area contributed by atoms with Crippen molar-refractivity contribution in [2.45, 2.75) is 32.6 Å². The summed E-state index contributed by atoms with van der Waals surface area (Å²) in [6.07, 6.45) is 0.521. The third-order valence-corrected chi connectivity index (χ3v) is 3.34. The third kappa shape index (κ3) is 3.33. The monoisotopic (exact) mass is 307 g/mol. The van der Waals surface area contributed by atoms with Gasteiger partial charge in [-0.25, -0.2) is 4.79 Å². The van der Waals surface area contributed by atoms with Crippen LogP contribution in [0.15, 0.2) is 12.1 Å². The molecular weight excluding hydrogens is 289 g/mol. The van der Waals surface area contributed by atoms with Gasteiger partial charge in [0.2, 0.25) is 5.91 Å². The summed E-state index contributed by atoms with van der Waals surface area (Å²) in [5, 5.41) is 22.4. The van der Waals surface area contributed by atoms with Gasteiger partial charge in [0.15, 0.2) is 0 Å². The van der Waals surface area contributed by atoms with Gasteiger partial charge in [-0.05, 0) is 31.0 Å². The van der Waals surface area contributed by atoms with Gasteiger partial charge in [-0.3, -0.25) is 4.79 Å². The normalized spacial score (nSPS) is 16.5. The lowest BCUT2D eigenvalue weighted by molar-refractivity contribution is -0.121. The third-order valence-electron chi connectivity index (χ3n) is 3.34. The van der Waals surface area contributed by atoms with E-state index >= 15 is 0 Å². The number of phenols is 1. The molecule has 1 aliphatic rings. The first-order valence-corrected chi connectivity index (χ1v) is 7.13. The molecular formula is C14H18BNO6. The van der Waals surface area contributed by atoms with Crippen LogP contribution in [0.5, 0.6) is 11.5 Å². The number of benzene rings is 1. The molecule has 3 N–H and O–H groups in total. The number of ether oxygens (including phenoxy) is 1. The molecule has 1 unspecified atom stereocenters. The summed E-state index contributed by atoms with van der Waals surface area (Å²) >= 11 is 0. The van der Waals surface area contributed by atoms with E-state index in [9.17, 15) is 19.7 Å². The van der Waals surface area contributed by atoms with Crippen molar-refractivity contribution in [2.75, 3.05) is 6.61 Å². The van der Waals surface area contributed by atoms with E-state index in [0.717, 1.165) is 0 Å². The van der Waals surface area contributed by atoms with Crippen LogP contribution in [0.2, 0.25) is 0 Å². The number of amides is 1. The Morgan fingerprint density at radius 3 is 2.82 bits per heavy atom. The highest BCUT2D eigenvalue weighted by molar-refractivity contribution is 6.47. The van der Waals surface area contributed by atoms with Crippen LogP contribution in [0.3, 0.4) is 0 Å². The number of aromatic hydroxyl groups is 1. The summed E-state index contributed by atoms with van der Waals surface area (Å²) in [4.78, 5) is 23.4. The average molecular weight is 307 g/mol. The summed E-state index contributed by atoms with van der Waals surface area (Å²) in [6, 6.07) is 2.67. The fourth-order valence-electron chi connectivity index (χ4n) is 2.30. The Morgan fingerprint density at radius 2 is 2.18 bits per heavy atom. The number of carbonyl (C=O) groups is 2. The predicted molar refractivity (Wildman–Crippen MR) is 78.6 cm³/mol. The summed E-state index contributed by atoms with van der Waals surface area (Å²) in [5.41, 5.74) is 0.575. The molecule has 0 radical (unpaired) electrons. The van der Waals surface area contributed by atoms with Crippen LogP contribution in [0.4, 0.5) is 0 Å². The van der Waals surface area contributed by atoms with E-state index in [1.54, 1.807) is 13.8 Å². The minimum atomic E-state index is -1.28. The second kappa shape index (κ2) is 6.70. The second-order valence-corrected chi connectivity index (χ2v) is 4.94. The summed E-state index contributed by atoms with van der Waals surface area (Å²) in [5.74, 6) is -1.44. The zero-order valence-electron chi connectivity index (χ0n) is 12.5. The average Bonchev–Trinajstić information content (AvgIpc) is 2.47. The summed E-state index contributed by atoms with van der Waals surface area (Å²) < 4.78 is 10.3. The molecule has 2 rings (SSSR count). The van der Waals surface area contributed by atoms with Crippen LogP contribution in [0, 0.1) is 0 Å². The Kier molecular flexibility index (Phi) is 4.92. The molecule has 0 spiro atoms. The first-order chi connectivity index (χ1) is 10.5. The highest BCUT2D eigenvalue weighted by Crippen LogP contribution is 2.34. The van der Waals surface area contributed by atoms with E-state index in [1.165, 1.54) is 12.1 Å². The Labute approximate surface area is 128 Å². The molecule has 22 heavy (non-hydrogen) atoms. The first kappa shape index (κ1) is 16.2. The van der Waals surface area contributed by atoms with Gasteiger partial charge in [0, 0.05) is 6.42 Å². The Morgan fingerprint density at radius 1 is 1.45 bits per heavy atom. The Hall–Kier alpha value is -2.22. The van der Waals surface area contributed by atoms with Crippen molar-refractivity contribution < 1.29 is 29.1 Å². The molecule has 0 aromatic heterocycles. The molecule has 0 saturated heterocycles. The molecule has 0 saturated carbocycles. The van der Waals surface area contributed by atoms with Gasteiger partial charge in [0.1, 0.15) is 17.1 Å². The fourth-order valence-corrected chi connectivity index (χ4v) is 2.30. The molecule has 1 aliphatic heterocycles. The van der Waals surface area contributed by atoms with Gasteiger partial charge in [-0.15, -0.1) is 0 Å². The van der Waals surface area contributed by atoms with Crippen LogP contribution in [0.1, 0.15) is 36.2 Å². The van der Waals surface area contributed by atoms with Gasteiger partial charge in [0.05, 0.1) is 12.5 Å². The number of hydrogen-bond acceptors (Lipinski definition) is 6. The van der Waals surface area contributed by atoms with Crippen molar-refractivity contribution in [1.29, 1.82) is 0 Å². The maximum absolute atomic E-state index is 11.9. The second-order valence-electron chi connectivity index (χ2n) is 4.94. The first-order valence-electron chi connectivity index (χ1n) is 7.13. The minimum Gasteiger partial charge on any atom is -0.534 e. The van der Waals surface area contributed by atoms with Crippen LogP contribution >= 0.6 is 0 Å². The minimum absolute atomic E-state index is 0.0520. The fraction of sp³-hybridized carbons (Fsp3) is 0.429. The van der Waals surface area contributed by atoms with Crippen LogP contribution in [-0.4, -0.2) is 41.7 Å². The topological polar surface area (TPSA) is 105 Å². The maximum atomic E-state index is 11.9. The van der Waals surface area contributed by atoms with Crippen molar-refractivity contribution in [3.8, 4) is 11.5 Å². The van der Waals surface area contributed by atoms with Crippen molar-refractivity contribution in [2.24, 2.45) is 0 Å². The summed E-state index contributed by atoms with van der Waals surface area (Å²) in [7, 11) is -1.28. The molecule has 7 nitrogen and oxygen atoms in total. The number of esters is 1. The van der Waals surface area contributed by atoms with Crippen molar-refractivity contribution in [3.63, 3.8) is 0 Å². The van der Waals surface area contributed by atoms with E-state index in [2.05, 4.69) is 5.32 Å². The molecule has 0 fully saturated rings. The smallest absolute Gasteiger partial charge is 0.534 e. The van der Waals surface area contributed by atoms with E-state index in [4.69, 9.17) is 9.39 Å². The predicted octanol–water partition coefficient (Wildman–Crippen LogP) is 0.418. The van der Waals surface area contributed by atoms with Crippen LogP contribution in [-0.2, 0) is 16.0 Å². The lowest BCUT2D eigenvalue weighted by Crippen LogP contribution is -2.53. The molecule has 1 aromatic carbocycles. The lowest BCUT2D eigenvalue weighted by Gasteiger charge is -2.29. The number of hydrogen-bond donors (Lipinski definition) is 3. The molecule has 1 heterocycles. The lowest BCUT2D eigenvalue weighted by atomic mass is 9.72. The molecule has 0 aliphatic carbocycles. The molecule has 8 heteroatoms. The molecule has 1 amide bonds. The largest absolute Gasteiger partial charge is 0.547 e. The van der Waals surface area contributed by atoms with Gasteiger partial charge >= 0.3 is 13.1 Å². The SMILES string of the molecule is CCOC(=O)c1cc(O)cc2c1OB(O)C(NC(=O)CC)C2. The van der Waals surface area contributed by atoms with E-state index < -0.39 is 19.0 Å². The van der Waals surface area contributed by atoms with Gasteiger partial charge in [0.25, 0.3) is 0 Å². The quantitative estimate of drug-likeness (QED) is 0.550. The van der Waals surface area contributed by atoms with Crippen LogP contribution in [0.25, 0.3) is 0 Å². The van der Waals surface area contributed by atoms with Crippen molar-refractivity contribution in [1.82, 2.24) is 5.32 Å². The number of phenolic OH excluding ortho intramolecular Hbond substituents is 1. The highest BCUT2D eigenvalue weighted by atomic mass is 16.5. The van der Waals surface area contributed by atoms with E-state index in [-0.39, 0.29) is 42.4 Å². The molecule has 118 valence electrons. The Balaban J connectivity index is 2.32. The number of carbonyl (C=O) groups excluding carboxylic acids is 2. The zero-order valence-corrected chi connectivity index (χ0v) is 12.5. The number of rotatable bonds is 4. The van der Waals surface area contributed by atoms with Crippen molar-refractivity contribution in [3.05, 3.63) is 23.3 Å². The van der Waals surface area contributed by atoms with Gasteiger partial charge in [-0.2, -0.15) is 0 Å². The summed E-state index contributed by atoms with van der Waals surface area (Å²) in [6.45, 7) is 3.55. The standard InChI is InChI=1S/C14H18BNO6/c1-3-12(18)16-11-6-8-5-9(17)7-10(14(19)21-4-2)13(8)22-15(11)20/h5,7,11,17,20H,3-4,6H2,1-2H3,(H,16,18). The van der Waals surface area contributed by atoms with Crippen LogP contribution < -0.4 is 9.97 Å². The highest BCUT2D eigenvalue weighted by Gasteiger charge is 2.38. The van der Waals surface area contributed by atoms with Crippen molar-refractivity contribution >= 4 is 19.0 Å². The maximum Gasteiger partial charge on any atom is 0.547 e. The van der Waals surface area contributed by atoms with Gasteiger partial charge < -0.3 is 24.8 Å². The molecule has 1 atom stereocenters. The number of fused-ring (bicyclic) bond motifs is 1. The van der Waals surface area contributed by atoms with E-state index in [1.807, 2.05) is 0 Å². The Bertz CT molecular complexity index is 591. The molecule has 1 aromatic rings. The van der Waals surface area contributed by atoms with E-state index in [0.29, 0.717) is 5.56 Å². The van der Waals surface area contributed by atoms with Gasteiger partial charge in [-0.1, -0.05) is 6.92 Å². The zero-order chi connectivity index (χ0) is 16.3. The molecule has 0 bridgehead atoms.